The number of benzene rings is 1. The molecule has 23 heavy (non-hydrogen) atoms. The summed E-state index contributed by atoms with van der Waals surface area (Å²) in [7, 11) is 0. The Morgan fingerprint density at radius 3 is 2.48 bits per heavy atom. The van der Waals surface area contributed by atoms with Crippen molar-refractivity contribution < 1.29 is 14.7 Å². The Balaban J connectivity index is 1.96. The number of likely N-dealkylation sites (tertiary alicyclic amines) is 1. The molecule has 1 aliphatic heterocycles. The van der Waals surface area contributed by atoms with E-state index in [9.17, 15) is 14.7 Å². The highest BCUT2D eigenvalue weighted by Gasteiger charge is 2.48. The minimum absolute atomic E-state index is 0.0124. The quantitative estimate of drug-likeness (QED) is 0.890. The summed E-state index contributed by atoms with van der Waals surface area (Å²) in [5, 5.41) is 13.9. The second-order valence-electron chi connectivity index (χ2n) is 6.94. The number of amides is 2. The van der Waals surface area contributed by atoms with Crippen LogP contribution >= 0.6 is 0 Å². The Morgan fingerprint density at radius 1 is 1.26 bits per heavy atom. The average Bonchev–Trinajstić information content (AvgIpc) is 3.34. The SMILES string of the molecule is CC(=O)N1CC[C@@](C)(O)[C@@H](NC(=O)C2CC2)[C@@H]1c1ccccc1. The van der Waals surface area contributed by atoms with Gasteiger partial charge in [-0.25, -0.2) is 0 Å². The molecule has 0 aromatic heterocycles. The predicted molar refractivity (Wildman–Crippen MR) is 86.5 cm³/mol. The molecule has 3 atom stereocenters. The summed E-state index contributed by atoms with van der Waals surface area (Å²) >= 11 is 0. The summed E-state index contributed by atoms with van der Waals surface area (Å²) in [5.74, 6) is 0.0107. The number of aliphatic hydroxyl groups is 1. The molecule has 2 fully saturated rings. The van der Waals surface area contributed by atoms with E-state index < -0.39 is 11.6 Å². The highest BCUT2D eigenvalue weighted by atomic mass is 16.3. The van der Waals surface area contributed by atoms with Crippen molar-refractivity contribution in [1.29, 1.82) is 0 Å². The molecule has 0 radical (unpaired) electrons. The fourth-order valence-electron chi connectivity index (χ4n) is 3.39. The van der Waals surface area contributed by atoms with Crippen molar-refractivity contribution in [3.8, 4) is 0 Å². The third-order valence-corrected chi connectivity index (χ3v) is 4.97. The molecule has 1 saturated heterocycles. The minimum atomic E-state index is -1.04. The predicted octanol–water partition coefficient (Wildman–Crippen LogP) is 1.63. The summed E-state index contributed by atoms with van der Waals surface area (Å²) in [4.78, 5) is 26.1. The fourth-order valence-corrected chi connectivity index (χ4v) is 3.39. The Bertz CT molecular complexity index is 596. The van der Waals surface area contributed by atoms with Gasteiger partial charge < -0.3 is 15.3 Å². The normalized spacial score (nSPS) is 30.8. The molecule has 0 bridgehead atoms. The summed E-state index contributed by atoms with van der Waals surface area (Å²) < 4.78 is 0. The lowest BCUT2D eigenvalue weighted by atomic mass is 9.79. The smallest absolute Gasteiger partial charge is 0.223 e. The van der Waals surface area contributed by atoms with E-state index >= 15 is 0 Å². The van der Waals surface area contributed by atoms with Gasteiger partial charge in [-0.15, -0.1) is 0 Å². The molecule has 5 heteroatoms. The van der Waals surface area contributed by atoms with Crippen LogP contribution in [0, 0.1) is 5.92 Å². The van der Waals surface area contributed by atoms with Crippen LogP contribution < -0.4 is 5.32 Å². The van der Waals surface area contributed by atoms with Crippen molar-refractivity contribution in [2.75, 3.05) is 6.54 Å². The maximum absolute atomic E-state index is 12.3. The van der Waals surface area contributed by atoms with E-state index in [4.69, 9.17) is 0 Å². The molecule has 1 saturated carbocycles. The van der Waals surface area contributed by atoms with Crippen LogP contribution in [0.3, 0.4) is 0 Å². The van der Waals surface area contributed by atoms with Crippen molar-refractivity contribution in [2.45, 2.75) is 50.8 Å². The second kappa shape index (κ2) is 5.96. The second-order valence-corrected chi connectivity index (χ2v) is 6.94. The lowest BCUT2D eigenvalue weighted by Gasteiger charge is -2.49. The molecule has 3 rings (SSSR count). The molecular weight excluding hydrogens is 292 g/mol. The largest absolute Gasteiger partial charge is 0.388 e. The number of hydrogen-bond acceptors (Lipinski definition) is 3. The van der Waals surface area contributed by atoms with Gasteiger partial charge in [0.05, 0.1) is 17.7 Å². The number of hydrogen-bond donors (Lipinski definition) is 2. The van der Waals surface area contributed by atoms with Crippen molar-refractivity contribution >= 4 is 11.8 Å². The zero-order valence-electron chi connectivity index (χ0n) is 13.7. The highest BCUT2D eigenvalue weighted by molar-refractivity contribution is 5.81. The van der Waals surface area contributed by atoms with Gasteiger partial charge in [-0.2, -0.15) is 0 Å². The maximum Gasteiger partial charge on any atom is 0.223 e. The molecule has 1 aromatic rings. The van der Waals surface area contributed by atoms with Crippen LogP contribution in [0.1, 0.15) is 44.7 Å². The van der Waals surface area contributed by atoms with E-state index in [0.29, 0.717) is 13.0 Å². The van der Waals surface area contributed by atoms with Gasteiger partial charge in [0.2, 0.25) is 11.8 Å². The molecular formula is C18H24N2O3. The summed E-state index contributed by atoms with van der Waals surface area (Å²) in [6.07, 6.45) is 2.27. The van der Waals surface area contributed by atoms with Crippen LogP contribution in [0.25, 0.3) is 0 Å². The van der Waals surface area contributed by atoms with E-state index in [-0.39, 0.29) is 23.8 Å². The summed E-state index contributed by atoms with van der Waals surface area (Å²) in [5.41, 5.74) is -0.111. The van der Waals surface area contributed by atoms with Gasteiger partial charge in [0.15, 0.2) is 0 Å². The topological polar surface area (TPSA) is 69.6 Å². The highest BCUT2D eigenvalue weighted by Crippen LogP contribution is 2.38. The third-order valence-electron chi connectivity index (χ3n) is 4.97. The lowest BCUT2D eigenvalue weighted by Crippen LogP contribution is -2.63. The molecule has 1 aromatic carbocycles. The van der Waals surface area contributed by atoms with Crippen LogP contribution in [-0.2, 0) is 9.59 Å². The number of carbonyl (C=O) groups excluding carboxylic acids is 2. The molecule has 1 heterocycles. The molecule has 2 aliphatic rings. The summed E-state index contributed by atoms with van der Waals surface area (Å²) in [6, 6.07) is 8.78. The van der Waals surface area contributed by atoms with Crippen molar-refractivity contribution in [2.24, 2.45) is 5.92 Å². The van der Waals surface area contributed by atoms with Crippen molar-refractivity contribution in [1.82, 2.24) is 10.2 Å². The molecule has 124 valence electrons. The third kappa shape index (κ3) is 3.24. The van der Waals surface area contributed by atoms with E-state index in [2.05, 4.69) is 5.32 Å². The van der Waals surface area contributed by atoms with Crippen molar-refractivity contribution in [3.63, 3.8) is 0 Å². The van der Waals surface area contributed by atoms with Gasteiger partial charge in [-0.1, -0.05) is 30.3 Å². The first kappa shape index (κ1) is 16.0. The molecule has 0 unspecified atom stereocenters. The van der Waals surface area contributed by atoms with Crippen molar-refractivity contribution in [3.05, 3.63) is 35.9 Å². The Kier molecular flexibility index (Phi) is 4.15. The van der Waals surface area contributed by atoms with Crippen LogP contribution in [0.2, 0.25) is 0 Å². The minimum Gasteiger partial charge on any atom is -0.388 e. The van der Waals surface area contributed by atoms with Crippen LogP contribution in [0.4, 0.5) is 0 Å². The molecule has 1 aliphatic carbocycles. The molecule has 0 spiro atoms. The summed E-state index contributed by atoms with van der Waals surface area (Å²) in [6.45, 7) is 3.77. The van der Waals surface area contributed by atoms with Crippen LogP contribution in [-0.4, -0.2) is 40.0 Å². The monoisotopic (exact) mass is 316 g/mol. The van der Waals surface area contributed by atoms with Gasteiger partial charge in [-0.3, -0.25) is 9.59 Å². The zero-order chi connectivity index (χ0) is 16.6. The number of rotatable bonds is 3. The first-order chi connectivity index (χ1) is 10.9. The number of nitrogens with one attached hydrogen (secondary N) is 1. The molecule has 2 N–H and O–H groups in total. The van der Waals surface area contributed by atoms with E-state index in [1.807, 2.05) is 30.3 Å². The van der Waals surface area contributed by atoms with Crippen LogP contribution in [0.15, 0.2) is 30.3 Å². The number of carbonyl (C=O) groups is 2. The van der Waals surface area contributed by atoms with Crippen LogP contribution in [0.5, 0.6) is 0 Å². The van der Waals surface area contributed by atoms with Gasteiger partial charge in [0, 0.05) is 19.4 Å². The van der Waals surface area contributed by atoms with E-state index in [1.54, 1.807) is 11.8 Å². The first-order valence-corrected chi connectivity index (χ1v) is 8.25. The lowest BCUT2D eigenvalue weighted by molar-refractivity contribution is -0.144. The maximum atomic E-state index is 12.3. The number of piperidine rings is 1. The van der Waals surface area contributed by atoms with E-state index in [0.717, 1.165) is 18.4 Å². The van der Waals surface area contributed by atoms with E-state index in [1.165, 1.54) is 6.92 Å². The average molecular weight is 316 g/mol. The fraction of sp³-hybridized carbons (Fsp3) is 0.556. The standard InChI is InChI=1S/C18H24N2O3/c1-12(21)20-11-10-18(2,23)16(19-17(22)14-8-9-14)15(20)13-6-4-3-5-7-13/h3-7,14-16,23H,8-11H2,1-2H3,(H,19,22)/t15-,16-,18+/m0/s1. The molecule has 5 nitrogen and oxygen atoms in total. The van der Waals surface area contributed by atoms with Gasteiger partial charge in [-0.05, 0) is 31.7 Å². The Hall–Kier alpha value is -1.88. The first-order valence-electron chi connectivity index (χ1n) is 8.25. The Morgan fingerprint density at radius 2 is 1.91 bits per heavy atom. The Labute approximate surface area is 136 Å². The molecule has 2 amide bonds. The zero-order valence-corrected chi connectivity index (χ0v) is 13.7. The van der Waals surface area contributed by atoms with Gasteiger partial charge in [0.25, 0.3) is 0 Å². The van der Waals surface area contributed by atoms with Gasteiger partial charge >= 0.3 is 0 Å². The number of nitrogens with zero attached hydrogens (tertiary/aromatic N) is 1. The van der Waals surface area contributed by atoms with Gasteiger partial charge in [0.1, 0.15) is 0 Å².